The van der Waals surface area contributed by atoms with Crippen molar-refractivity contribution in [1.82, 2.24) is 4.90 Å². The van der Waals surface area contributed by atoms with E-state index in [4.69, 9.17) is 15.1 Å². The van der Waals surface area contributed by atoms with E-state index in [1.54, 1.807) is 42.5 Å². The zero-order valence-electron chi connectivity index (χ0n) is 25.0. The molecule has 0 saturated carbocycles. The molecule has 2 heteroatoms. The molecule has 0 heterocycles. The highest BCUT2D eigenvalue weighted by molar-refractivity contribution is 5.43. The fourth-order valence-corrected chi connectivity index (χ4v) is 2.85. The molecule has 0 aliphatic carbocycles. The molecule has 0 bridgehead atoms. The minimum Gasteiger partial charge on any atom is -0.508 e. The molecule has 0 spiro atoms. The van der Waals surface area contributed by atoms with E-state index < -0.39 is 45.1 Å². The Labute approximate surface area is 162 Å². The van der Waals surface area contributed by atoms with Crippen molar-refractivity contribution in [3.63, 3.8) is 0 Å². The van der Waals surface area contributed by atoms with Gasteiger partial charge in [0.1, 0.15) is 5.75 Å². The molecular weight excluding hydrogens is 294 g/mol. The van der Waals surface area contributed by atoms with Gasteiger partial charge in [0.25, 0.3) is 0 Å². The fourth-order valence-electron chi connectivity index (χ4n) is 2.85. The number of phenolic OH excluding ortho intramolecular Hbond substituents is 1. The lowest BCUT2D eigenvalue weighted by atomic mass is 9.87. The highest BCUT2D eigenvalue weighted by Gasteiger charge is 2.21. The van der Waals surface area contributed by atoms with Crippen LogP contribution in [0.5, 0.6) is 5.75 Å². The molecule has 2 atom stereocenters. The van der Waals surface area contributed by atoms with E-state index in [2.05, 4.69) is 0 Å². The first-order valence-electron chi connectivity index (χ1n) is 13.4. The van der Waals surface area contributed by atoms with E-state index in [0.717, 1.165) is 12.5 Å². The third-order valence-corrected chi connectivity index (χ3v) is 4.08. The SMILES string of the molecule is [2H]C([2H])([2H])C([2H])(C)N(CC[C@H](c1ccccc1)c1cc(C)ccc1O)C([2H])(C([2H])([2H])[2H])C([2H])([2H])[2H]. The summed E-state index contributed by atoms with van der Waals surface area (Å²) in [7, 11) is 0. The van der Waals surface area contributed by atoms with Crippen molar-refractivity contribution in [3.05, 3.63) is 65.2 Å². The molecule has 2 nitrogen and oxygen atoms in total. The molecule has 0 radical (unpaired) electrons. The van der Waals surface area contributed by atoms with Gasteiger partial charge >= 0.3 is 0 Å². The van der Waals surface area contributed by atoms with Crippen LogP contribution in [-0.2, 0) is 0 Å². The zero-order chi connectivity index (χ0) is 27.0. The Hall–Kier alpha value is -1.80. The van der Waals surface area contributed by atoms with E-state index >= 15 is 0 Å². The second kappa shape index (κ2) is 8.34. The Balaban J connectivity index is 2.69. The van der Waals surface area contributed by atoms with Crippen molar-refractivity contribution < 1.29 is 20.2 Å². The highest BCUT2D eigenvalue weighted by Crippen LogP contribution is 2.35. The monoisotopic (exact) mass is 336 g/mol. The van der Waals surface area contributed by atoms with Crippen LogP contribution < -0.4 is 0 Å². The van der Waals surface area contributed by atoms with Gasteiger partial charge in [-0.05, 0) is 59.0 Å². The molecular formula is C22H31NO. The molecule has 130 valence electrons. The molecule has 0 fully saturated rings. The number of nitrogens with zero attached hydrogens (tertiary/aromatic N) is 1. The molecule has 0 amide bonds. The van der Waals surface area contributed by atoms with Crippen molar-refractivity contribution in [2.45, 2.75) is 58.8 Å². The lowest BCUT2D eigenvalue weighted by Crippen LogP contribution is -2.38. The Morgan fingerprint density at radius 3 is 2.46 bits per heavy atom. The number of hydrogen-bond acceptors (Lipinski definition) is 2. The molecule has 0 aromatic heterocycles. The summed E-state index contributed by atoms with van der Waals surface area (Å²) in [6.07, 6.45) is -0.0572. The summed E-state index contributed by atoms with van der Waals surface area (Å²) >= 11 is 0. The predicted octanol–water partition coefficient (Wildman–Crippen LogP) is 5.34. The number of phenols is 1. The summed E-state index contributed by atoms with van der Waals surface area (Å²) in [5.41, 5.74) is 2.03. The molecule has 24 heavy (non-hydrogen) atoms. The van der Waals surface area contributed by atoms with E-state index in [1.165, 1.54) is 6.07 Å². The first-order valence-corrected chi connectivity index (χ1v) is 7.87. The summed E-state index contributed by atoms with van der Waals surface area (Å²) in [6.45, 7) is -7.83. The van der Waals surface area contributed by atoms with Crippen LogP contribution in [-0.4, -0.2) is 28.6 Å². The topological polar surface area (TPSA) is 23.5 Å². The number of aromatic hydroxyl groups is 1. The van der Waals surface area contributed by atoms with Gasteiger partial charge in [-0.1, -0.05) is 48.0 Å². The first kappa shape index (κ1) is 8.53. The van der Waals surface area contributed by atoms with E-state index in [9.17, 15) is 5.11 Å². The van der Waals surface area contributed by atoms with Gasteiger partial charge < -0.3 is 5.11 Å². The Morgan fingerprint density at radius 2 is 1.79 bits per heavy atom. The van der Waals surface area contributed by atoms with Gasteiger partial charge in [0.05, 0.1) is 0 Å². The molecule has 0 aliphatic heterocycles. The van der Waals surface area contributed by atoms with Gasteiger partial charge in [-0.15, -0.1) is 0 Å². The molecule has 1 unspecified atom stereocenters. The summed E-state index contributed by atoms with van der Waals surface area (Å²) < 4.78 is 88.0. The first-order chi connectivity index (χ1) is 15.7. The number of benzene rings is 2. The maximum atomic E-state index is 10.6. The van der Waals surface area contributed by atoms with Crippen LogP contribution in [0.15, 0.2) is 48.5 Å². The van der Waals surface area contributed by atoms with Gasteiger partial charge in [0.2, 0.25) is 0 Å². The Bertz CT molecular complexity index is 983. The highest BCUT2D eigenvalue weighted by atomic mass is 16.3. The maximum absolute atomic E-state index is 10.6. The zero-order valence-corrected chi connectivity index (χ0v) is 14.0. The van der Waals surface area contributed by atoms with Crippen LogP contribution in [0.3, 0.4) is 0 Å². The van der Waals surface area contributed by atoms with Gasteiger partial charge in [0, 0.05) is 38.6 Å². The average Bonchev–Trinajstić information content (AvgIpc) is 2.71. The van der Waals surface area contributed by atoms with Crippen LogP contribution in [0.2, 0.25) is 0 Å². The van der Waals surface area contributed by atoms with Crippen molar-refractivity contribution in [2.75, 3.05) is 6.54 Å². The van der Waals surface area contributed by atoms with Crippen LogP contribution in [0, 0.1) is 6.92 Å². The van der Waals surface area contributed by atoms with Crippen LogP contribution in [0.1, 0.15) is 71.6 Å². The van der Waals surface area contributed by atoms with Crippen LogP contribution >= 0.6 is 0 Å². The molecule has 0 aliphatic rings. The van der Waals surface area contributed by atoms with Crippen LogP contribution in [0.4, 0.5) is 0 Å². The summed E-state index contributed by atoms with van der Waals surface area (Å²) in [4.78, 5) is 0.454. The van der Waals surface area contributed by atoms with Crippen molar-refractivity contribution >= 4 is 0 Å². The number of rotatable bonds is 7. The average molecular weight is 337 g/mol. The van der Waals surface area contributed by atoms with Gasteiger partial charge in [-0.2, -0.15) is 0 Å². The second-order valence-electron chi connectivity index (χ2n) is 5.90. The number of aryl methyl sites for hydroxylation is 1. The summed E-state index contributed by atoms with van der Waals surface area (Å²) in [5.74, 6) is -0.632. The maximum Gasteiger partial charge on any atom is 0.119 e. The van der Waals surface area contributed by atoms with Crippen molar-refractivity contribution in [3.8, 4) is 5.75 Å². The molecule has 2 aromatic rings. The minimum atomic E-state index is -3.46. The molecule has 1 N–H and O–H groups in total. The van der Waals surface area contributed by atoms with Crippen molar-refractivity contribution in [2.24, 2.45) is 0 Å². The Kier molecular flexibility index (Phi) is 2.97. The summed E-state index contributed by atoms with van der Waals surface area (Å²) in [5, 5.41) is 10.6. The fraction of sp³-hybridized carbons (Fsp3) is 0.455. The van der Waals surface area contributed by atoms with Crippen molar-refractivity contribution in [1.29, 1.82) is 0 Å². The van der Waals surface area contributed by atoms with Crippen LogP contribution in [0.25, 0.3) is 0 Å². The summed E-state index contributed by atoms with van der Waals surface area (Å²) in [6, 6.07) is 7.75. The lowest BCUT2D eigenvalue weighted by molar-refractivity contribution is 0.170. The van der Waals surface area contributed by atoms with Gasteiger partial charge in [-0.3, -0.25) is 4.90 Å². The third kappa shape index (κ3) is 4.61. The van der Waals surface area contributed by atoms with E-state index in [1.807, 2.05) is 6.92 Å². The van der Waals surface area contributed by atoms with Gasteiger partial charge in [-0.25, -0.2) is 0 Å². The third-order valence-electron chi connectivity index (χ3n) is 4.08. The quantitative estimate of drug-likeness (QED) is 0.737. The van der Waals surface area contributed by atoms with E-state index in [0.29, 0.717) is 16.0 Å². The molecule has 2 aromatic carbocycles. The second-order valence-corrected chi connectivity index (χ2v) is 5.90. The minimum absolute atomic E-state index is 0.0377. The lowest BCUT2D eigenvalue weighted by Gasteiger charge is -2.32. The standard InChI is InChI=1S/C22H31NO/c1-16(2)23(17(3)4)14-13-20(19-9-7-6-8-10-19)21-15-18(5)11-12-22(21)24/h6-12,15-17,20,24H,13-14H2,1-5H3/t20-/m1/s1/i1D3,2D3,3D3,16D,17D/t17?,20-. The largest absolute Gasteiger partial charge is 0.508 e. The molecule has 2 rings (SSSR count). The number of hydrogen-bond donors (Lipinski definition) is 1. The smallest absolute Gasteiger partial charge is 0.119 e. The molecule has 0 saturated heterocycles. The Morgan fingerprint density at radius 1 is 1.08 bits per heavy atom. The predicted molar refractivity (Wildman–Crippen MR) is 103 cm³/mol. The van der Waals surface area contributed by atoms with E-state index in [-0.39, 0.29) is 12.2 Å². The normalized spacial score (nSPS) is 24.2. The van der Waals surface area contributed by atoms with Gasteiger partial charge in [0.15, 0.2) is 0 Å².